The Morgan fingerprint density at radius 3 is 1.97 bits per heavy atom. The SMILES string of the molecule is COc1ccc(S(=O)(=O)NC(C)C(=O)OC(C)C(=O)c2ccc(NC(=O)C(C)C)cc2)cc1. The van der Waals surface area contributed by atoms with E-state index in [1.165, 1.54) is 57.4 Å². The van der Waals surface area contributed by atoms with E-state index < -0.39 is 33.9 Å². The first-order chi connectivity index (χ1) is 15.4. The fourth-order valence-electron chi connectivity index (χ4n) is 2.67. The molecule has 10 heteroatoms. The molecule has 0 fully saturated rings. The first-order valence-corrected chi connectivity index (χ1v) is 11.7. The number of rotatable bonds is 10. The van der Waals surface area contributed by atoms with Gasteiger partial charge in [0.2, 0.25) is 21.7 Å². The molecule has 1 amide bonds. The lowest BCUT2D eigenvalue weighted by Gasteiger charge is -2.17. The number of amides is 1. The van der Waals surface area contributed by atoms with E-state index in [9.17, 15) is 22.8 Å². The summed E-state index contributed by atoms with van der Waals surface area (Å²) in [5.74, 6) is -1.20. The Bertz CT molecular complexity index is 1090. The van der Waals surface area contributed by atoms with Crippen molar-refractivity contribution in [2.45, 2.75) is 44.7 Å². The van der Waals surface area contributed by atoms with Gasteiger partial charge < -0.3 is 14.8 Å². The standard InChI is InChI=1S/C23H28N2O7S/c1-14(2)22(27)24-18-8-6-17(7-9-18)21(26)16(4)32-23(28)15(3)25-33(29,30)20-12-10-19(31-5)11-13-20/h6-16,25H,1-5H3,(H,24,27). The minimum absolute atomic E-state index is 0.0447. The molecule has 2 unspecified atom stereocenters. The molecule has 2 aromatic rings. The lowest BCUT2D eigenvalue weighted by Crippen LogP contribution is -2.41. The van der Waals surface area contributed by atoms with Crippen molar-refractivity contribution >= 4 is 33.4 Å². The van der Waals surface area contributed by atoms with Gasteiger partial charge in [-0.05, 0) is 62.4 Å². The summed E-state index contributed by atoms with van der Waals surface area (Å²) in [5, 5.41) is 2.72. The van der Waals surface area contributed by atoms with Crippen LogP contribution in [-0.4, -0.2) is 45.3 Å². The zero-order chi connectivity index (χ0) is 24.8. The molecule has 0 heterocycles. The van der Waals surface area contributed by atoms with Crippen LogP contribution in [0.1, 0.15) is 38.1 Å². The number of hydrogen-bond donors (Lipinski definition) is 2. The maximum Gasteiger partial charge on any atom is 0.324 e. The molecule has 0 radical (unpaired) electrons. The van der Waals surface area contributed by atoms with E-state index in [4.69, 9.17) is 9.47 Å². The van der Waals surface area contributed by atoms with Crippen LogP contribution in [-0.2, 0) is 24.3 Å². The van der Waals surface area contributed by atoms with E-state index in [0.717, 1.165) is 0 Å². The van der Waals surface area contributed by atoms with Gasteiger partial charge >= 0.3 is 5.97 Å². The maximum absolute atomic E-state index is 12.6. The fraction of sp³-hybridized carbons (Fsp3) is 0.348. The summed E-state index contributed by atoms with van der Waals surface area (Å²) in [5.41, 5.74) is 0.820. The number of esters is 1. The third-order valence-corrected chi connectivity index (χ3v) is 6.24. The summed E-state index contributed by atoms with van der Waals surface area (Å²) in [7, 11) is -2.52. The van der Waals surface area contributed by atoms with Crippen molar-refractivity contribution < 1.29 is 32.3 Å². The number of benzene rings is 2. The molecule has 0 saturated heterocycles. The molecular weight excluding hydrogens is 448 g/mol. The van der Waals surface area contributed by atoms with Gasteiger partial charge in [0.15, 0.2) is 6.10 Å². The molecule has 33 heavy (non-hydrogen) atoms. The monoisotopic (exact) mass is 476 g/mol. The molecule has 2 N–H and O–H groups in total. The highest BCUT2D eigenvalue weighted by Crippen LogP contribution is 2.17. The number of methoxy groups -OCH3 is 1. The molecule has 2 rings (SSSR count). The molecule has 0 saturated carbocycles. The normalized spacial score (nSPS) is 13.2. The van der Waals surface area contributed by atoms with E-state index in [2.05, 4.69) is 10.0 Å². The van der Waals surface area contributed by atoms with Crippen LogP contribution in [0.5, 0.6) is 5.75 Å². The molecule has 0 spiro atoms. The molecule has 9 nitrogen and oxygen atoms in total. The molecule has 178 valence electrons. The van der Waals surface area contributed by atoms with Crippen molar-refractivity contribution in [2.24, 2.45) is 5.92 Å². The minimum atomic E-state index is -3.98. The topological polar surface area (TPSA) is 128 Å². The number of hydrogen-bond acceptors (Lipinski definition) is 7. The quantitative estimate of drug-likeness (QED) is 0.399. The van der Waals surface area contributed by atoms with Gasteiger partial charge in [-0.2, -0.15) is 4.72 Å². The van der Waals surface area contributed by atoms with Gasteiger partial charge in [0.05, 0.1) is 12.0 Å². The maximum atomic E-state index is 12.6. The molecule has 0 bridgehead atoms. The van der Waals surface area contributed by atoms with Crippen molar-refractivity contribution in [1.82, 2.24) is 4.72 Å². The van der Waals surface area contributed by atoms with Gasteiger partial charge in [0.25, 0.3) is 0 Å². The largest absolute Gasteiger partial charge is 0.497 e. The van der Waals surface area contributed by atoms with E-state index in [0.29, 0.717) is 11.4 Å². The van der Waals surface area contributed by atoms with Crippen molar-refractivity contribution in [2.75, 3.05) is 12.4 Å². The van der Waals surface area contributed by atoms with Crippen LogP contribution in [0.4, 0.5) is 5.69 Å². The number of anilines is 1. The third-order valence-electron chi connectivity index (χ3n) is 4.68. The highest BCUT2D eigenvalue weighted by molar-refractivity contribution is 7.89. The Labute approximate surface area is 193 Å². The fourth-order valence-corrected chi connectivity index (χ4v) is 3.86. The van der Waals surface area contributed by atoms with E-state index in [-0.39, 0.29) is 22.3 Å². The Balaban J connectivity index is 1.97. The summed E-state index contributed by atoms with van der Waals surface area (Å²) in [4.78, 5) is 36.7. The van der Waals surface area contributed by atoms with E-state index >= 15 is 0 Å². The number of carbonyl (C=O) groups is 3. The summed E-state index contributed by atoms with van der Waals surface area (Å²) in [6.07, 6.45) is -1.14. The molecule has 0 aliphatic heterocycles. The van der Waals surface area contributed by atoms with Gasteiger partial charge in [0, 0.05) is 17.2 Å². The Morgan fingerprint density at radius 1 is 0.879 bits per heavy atom. The van der Waals surface area contributed by atoms with Crippen LogP contribution in [0.3, 0.4) is 0 Å². The Kier molecular flexibility index (Phi) is 8.72. The van der Waals surface area contributed by atoms with Gasteiger partial charge in [-0.3, -0.25) is 14.4 Å². The molecule has 0 aliphatic carbocycles. The second kappa shape index (κ2) is 11.1. The van der Waals surface area contributed by atoms with Crippen molar-refractivity contribution in [3.8, 4) is 5.75 Å². The van der Waals surface area contributed by atoms with Gasteiger partial charge in [-0.15, -0.1) is 0 Å². The first-order valence-electron chi connectivity index (χ1n) is 10.3. The minimum Gasteiger partial charge on any atom is -0.497 e. The summed E-state index contributed by atoms with van der Waals surface area (Å²) < 4.78 is 37.4. The zero-order valence-corrected chi connectivity index (χ0v) is 19.9. The van der Waals surface area contributed by atoms with Crippen molar-refractivity contribution in [1.29, 1.82) is 0 Å². The van der Waals surface area contributed by atoms with Gasteiger partial charge in [-0.25, -0.2) is 8.42 Å². The summed E-state index contributed by atoms with van der Waals surface area (Å²) >= 11 is 0. The number of carbonyl (C=O) groups excluding carboxylic acids is 3. The Hall–Kier alpha value is -3.24. The highest BCUT2D eigenvalue weighted by Gasteiger charge is 2.27. The molecular formula is C23H28N2O7S. The van der Waals surface area contributed by atoms with Crippen LogP contribution in [0.2, 0.25) is 0 Å². The molecule has 2 aromatic carbocycles. The second-order valence-corrected chi connectivity index (χ2v) is 9.40. The molecule has 2 atom stereocenters. The zero-order valence-electron chi connectivity index (χ0n) is 19.1. The highest BCUT2D eigenvalue weighted by atomic mass is 32.2. The third kappa shape index (κ3) is 7.13. The predicted molar refractivity (Wildman–Crippen MR) is 123 cm³/mol. The number of sulfonamides is 1. The molecule has 0 aromatic heterocycles. The van der Waals surface area contributed by atoms with Crippen LogP contribution in [0.25, 0.3) is 0 Å². The van der Waals surface area contributed by atoms with Crippen LogP contribution in [0.15, 0.2) is 53.4 Å². The molecule has 0 aliphatic rings. The lowest BCUT2D eigenvalue weighted by molar-refractivity contribution is -0.147. The average molecular weight is 477 g/mol. The smallest absolute Gasteiger partial charge is 0.324 e. The number of ketones is 1. The average Bonchev–Trinajstić information content (AvgIpc) is 2.78. The summed E-state index contributed by atoms with van der Waals surface area (Å²) in [6, 6.07) is 10.6. The van der Waals surface area contributed by atoms with Crippen LogP contribution >= 0.6 is 0 Å². The van der Waals surface area contributed by atoms with Crippen molar-refractivity contribution in [3.05, 3.63) is 54.1 Å². The number of nitrogens with one attached hydrogen (secondary N) is 2. The predicted octanol–water partition coefficient (Wildman–Crippen LogP) is 2.77. The van der Waals surface area contributed by atoms with E-state index in [1.54, 1.807) is 26.0 Å². The number of Topliss-reactive ketones (excluding diaryl/α,β-unsaturated/α-hetero) is 1. The van der Waals surface area contributed by atoms with E-state index in [1.807, 2.05) is 0 Å². The van der Waals surface area contributed by atoms with Gasteiger partial charge in [-0.1, -0.05) is 13.8 Å². The Morgan fingerprint density at radius 2 is 1.45 bits per heavy atom. The van der Waals surface area contributed by atoms with Gasteiger partial charge in [0.1, 0.15) is 11.8 Å². The van der Waals surface area contributed by atoms with Crippen molar-refractivity contribution in [3.63, 3.8) is 0 Å². The lowest BCUT2D eigenvalue weighted by atomic mass is 10.1. The second-order valence-electron chi connectivity index (χ2n) is 7.68. The van der Waals surface area contributed by atoms with Crippen LogP contribution in [0, 0.1) is 5.92 Å². The number of ether oxygens (including phenoxy) is 2. The first kappa shape index (κ1) is 26.0. The summed E-state index contributed by atoms with van der Waals surface area (Å²) in [6.45, 7) is 6.26. The van der Waals surface area contributed by atoms with Crippen LogP contribution < -0.4 is 14.8 Å².